The maximum Gasteiger partial charge on any atom is 0.308 e. The Labute approximate surface area is 136 Å². The molecule has 0 aliphatic carbocycles. The Morgan fingerprint density at radius 3 is 2.65 bits per heavy atom. The van der Waals surface area contributed by atoms with E-state index in [4.69, 9.17) is 0 Å². The standard InChI is InChI=1S/C16H21NO5S/c1-3-23(21,22)13-7-4-6-12(10-13)15(18)17-9-5-8-14(11(17)2)16(19)20/h4,6-7,10-11,14H,3,5,8-9H2,1-2H3,(H,19,20)/t11-,14-/m0/s1. The van der Waals surface area contributed by atoms with E-state index in [0.29, 0.717) is 19.4 Å². The normalized spacial score (nSPS) is 21.9. The van der Waals surface area contributed by atoms with Gasteiger partial charge < -0.3 is 10.0 Å². The molecule has 0 saturated carbocycles. The molecule has 0 radical (unpaired) electrons. The molecule has 1 heterocycles. The van der Waals surface area contributed by atoms with E-state index in [-0.39, 0.29) is 22.1 Å². The fraction of sp³-hybridized carbons (Fsp3) is 0.500. The Morgan fingerprint density at radius 1 is 1.35 bits per heavy atom. The van der Waals surface area contributed by atoms with E-state index >= 15 is 0 Å². The fourth-order valence-corrected chi connectivity index (χ4v) is 3.84. The lowest BCUT2D eigenvalue weighted by Gasteiger charge is -2.37. The van der Waals surface area contributed by atoms with Crippen molar-refractivity contribution in [2.24, 2.45) is 5.92 Å². The monoisotopic (exact) mass is 339 g/mol. The molecule has 0 unspecified atom stereocenters. The first-order valence-corrected chi connectivity index (χ1v) is 9.29. The summed E-state index contributed by atoms with van der Waals surface area (Å²) in [7, 11) is -3.39. The molecule has 1 saturated heterocycles. The lowest BCUT2D eigenvalue weighted by molar-refractivity contribution is -0.144. The van der Waals surface area contributed by atoms with Gasteiger partial charge in [-0.1, -0.05) is 13.0 Å². The van der Waals surface area contributed by atoms with Crippen LogP contribution in [0.2, 0.25) is 0 Å². The molecule has 1 aliphatic rings. The van der Waals surface area contributed by atoms with Crippen LogP contribution in [0.4, 0.5) is 0 Å². The molecule has 0 aromatic heterocycles. The molecule has 126 valence electrons. The summed E-state index contributed by atoms with van der Waals surface area (Å²) in [5.74, 6) is -1.85. The molecule has 2 atom stereocenters. The van der Waals surface area contributed by atoms with Crippen LogP contribution in [0.25, 0.3) is 0 Å². The third kappa shape index (κ3) is 3.55. The van der Waals surface area contributed by atoms with Gasteiger partial charge in [0.2, 0.25) is 0 Å². The Morgan fingerprint density at radius 2 is 2.04 bits per heavy atom. The SMILES string of the molecule is CCS(=O)(=O)c1cccc(C(=O)N2CCC[C@H](C(=O)O)[C@@H]2C)c1. The number of amides is 1. The molecule has 1 N–H and O–H groups in total. The van der Waals surface area contributed by atoms with Crippen molar-refractivity contribution in [3.8, 4) is 0 Å². The summed E-state index contributed by atoms with van der Waals surface area (Å²) < 4.78 is 23.9. The molecule has 1 aliphatic heterocycles. The molecule has 1 fully saturated rings. The predicted molar refractivity (Wildman–Crippen MR) is 85.0 cm³/mol. The number of sulfone groups is 1. The maximum atomic E-state index is 12.7. The van der Waals surface area contributed by atoms with Crippen LogP contribution in [0.3, 0.4) is 0 Å². The highest BCUT2D eigenvalue weighted by Crippen LogP contribution is 2.26. The van der Waals surface area contributed by atoms with Crippen molar-refractivity contribution in [3.63, 3.8) is 0 Å². The van der Waals surface area contributed by atoms with Crippen molar-refractivity contribution in [2.45, 2.75) is 37.6 Å². The average molecular weight is 339 g/mol. The van der Waals surface area contributed by atoms with E-state index in [2.05, 4.69) is 0 Å². The summed E-state index contributed by atoms with van der Waals surface area (Å²) in [4.78, 5) is 25.6. The minimum atomic E-state index is -3.39. The molecule has 6 nitrogen and oxygen atoms in total. The van der Waals surface area contributed by atoms with Gasteiger partial charge in [-0.15, -0.1) is 0 Å². The quantitative estimate of drug-likeness (QED) is 0.903. The smallest absolute Gasteiger partial charge is 0.308 e. The summed E-state index contributed by atoms with van der Waals surface area (Å²) in [6, 6.07) is 5.53. The Hall–Kier alpha value is -1.89. The second-order valence-corrected chi connectivity index (χ2v) is 8.04. The van der Waals surface area contributed by atoms with E-state index in [1.54, 1.807) is 26.0 Å². The van der Waals surface area contributed by atoms with E-state index in [1.165, 1.54) is 17.0 Å². The van der Waals surface area contributed by atoms with Crippen LogP contribution in [0.1, 0.15) is 37.0 Å². The summed E-state index contributed by atoms with van der Waals surface area (Å²) in [6.07, 6.45) is 1.17. The van der Waals surface area contributed by atoms with E-state index in [1.807, 2.05) is 0 Å². The molecule has 0 bridgehead atoms. The van der Waals surface area contributed by atoms with Crippen molar-refractivity contribution in [1.29, 1.82) is 0 Å². The number of hydrogen-bond acceptors (Lipinski definition) is 4. The number of carboxylic acids is 1. The number of rotatable bonds is 4. The van der Waals surface area contributed by atoms with Gasteiger partial charge in [0.15, 0.2) is 9.84 Å². The van der Waals surface area contributed by atoms with Crippen molar-refractivity contribution in [1.82, 2.24) is 4.90 Å². The largest absolute Gasteiger partial charge is 0.481 e. The van der Waals surface area contributed by atoms with E-state index in [9.17, 15) is 23.1 Å². The van der Waals surface area contributed by atoms with E-state index in [0.717, 1.165) is 0 Å². The highest BCUT2D eigenvalue weighted by Gasteiger charge is 2.35. The number of likely N-dealkylation sites (tertiary alicyclic amines) is 1. The predicted octanol–water partition coefficient (Wildman–Crippen LogP) is 1.81. The number of piperidine rings is 1. The molecule has 23 heavy (non-hydrogen) atoms. The van der Waals surface area contributed by atoms with Crippen molar-refractivity contribution in [2.75, 3.05) is 12.3 Å². The van der Waals surface area contributed by atoms with Gasteiger partial charge >= 0.3 is 5.97 Å². The second-order valence-electron chi connectivity index (χ2n) is 5.76. The van der Waals surface area contributed by atoms with Crippen LogP contribution < -0.4 is 0 Å². The zero-order valence-electron chi connectivity index (χ0n) is 13.2. The topological polar surface area (TPSA) is 91.8 Å². The first-order valence-electron chi connectivity index (χ1n) is 7.64. The van der Waals surface area contributed by atoms with Crippen molar-refractivity contribution >= 4 is 21.7 Å². The Kier molecular flexibility index (Phi) is 5.09. The molecule has 0 spiro atoms. The second kappa shape index (κ2) is 6.70. The lowest BCUT2D eigenvalue weighted by Crippen LogP contribution is -2.49. The number of carbonyl (C=O) groups excluding carboxylic acids is 1. The van der Waals surface area contributed by atoms with Crippen LogP contribution in [0.5, 0.6) is 0 Å². The minimum Gasteiger partial charge on any atom is -0.481 e. The third-order valence-corrected chi connectivity index (χ3v) is 6.12. The number of aliphatic carboxylic acids is 1. The van der Waals surface area contributed by atoms with Gasteiger partial charge in [0.05, 0.1) is 16.6 Å². The van der Waals surface area contributed by atoms with Crippen LogP contribution in [-0.2, 0) is 14.6 Å². The lowest BCUT2D eigenvalue weighted by atomic mass is 9.90. The summed E-state index contributed by atoms with van der Waals surface area (Å²) in [5, 5.41) is 9.24. The number of carbonyl (C=O) groups is 2. The molecular weight excluding hydrogens is 318 g/mol. The molecule has 7 heteroatoms. The van der Waals surface area contributed by atoms with Gasteiger partial charge in [0.25, 0.3) is 5.91 Å². The summed E-state index contributed by atoms with van der Waals surface area (Å²) in [5.41, 5.74) is 0.275. The molecule has 1 aromatic rings. The van der Waals surface area contributed by atoms with Crippen LogP contribution in [0.15, 0.2) is 29.2 Å². The molecule has 1 aromatic carbocycles. The molecule has 2 rings (SSSR count). The van der Waals surface area contributed by atoms with Gasteiger partial charge in [0.1, 0.15) is 0 Å². The zero-order chi connectivity index (χ0) is 17.2. The zero-order valence-corrected chi connectivity index (χ0v) is 14.0. The summed E-state index contributed by atoms with van der Waals surface area (Å²) in [6.45, 7) is 3.75. The first-order chi connectivity index (χ1) is 10.8. The van der Waals surface area contributed by atoms with Gasteiger partial charge in [0, 0.05) is 18.2 Å². The van der Waals surface area contributed by atoms with Crippen LogP contribution >= 0.6 is 0 Å². The molecule has 1 amide bonds. The first kappa shape index (κ1) is 17.5. The minimum absolute atomic E-state index is 0.0359. The van der Waals surface area contributed by atoms with Crippen molar-refractivity contribution < 1.29 is 23.1 Å². The van der Waals surface area contributed by atoms with Crippen molar-refractivity contribution in [3.05, 3.63) is 29.8 Å². The fourth-order valence-electron chi connectivity index (χ4n) is 2.91. The van der Waals surface area contributed by atoms with E-state index < -0.39 is 27.8 Å². The average Bonchev–Trinajstić information content (AvgIpc) is 2.54. The Bertz CT molecular complexity index is 713. The number of carboxylic acid groups (broad SMARTS) is 1. The number of hydrogen-bond donors (Lipinski definition) is 1. The highest BCUT2D eigenvalue weighted by molar-refractivity contribution is 7.91. The number of benzene rings is 1. The third-order valence-electron chi connectivity index (χ3n) is 4.39. The summed E-state index contributed by atoms with van der Waals surface area (Å²) >= 11 is 0. The van der Waals surface area contributed by atoms with Gasteiger partial charge in [-0.3, -0.25) is 9.59 Å². The highest BCUT2D eigenvalue weighted by atomic mass is 32.2. The van der Waals surface area contributed by atoms with Gasteiger partial charge in [-0.05, 0) is 38.0 Å². The van der Waals surface area contributed by atoms with Gasteiger partial charge in [-0.25, -0.2) is 8.42 Å². The maximum absolute atomic E-state index is 12.7. The Balaban J connectivity index is 2.30. The van der Waals surface area contributed by atoms with Crippen LogP contribution in [0, 0.1) is 5.92 Å². The number of nitrogens with zero attached hydrogens (tertiary/aromatic N) is 1. The van der Waals surface area contributed by atoms with Gasteiger partial charge in [-0.2, -0.15) is 0 Å². The van der Waals surface area contributed by atoms with Crippen LogP contribution in [-0.4, -0.2) is 48.6 Å². The molecular formula is C16H21NO5S.